The third-order valence-corrected chi connectivity index (χ3v) is 3.16. The summed E-state index contributed by atoms with van der Waals surface area (Å²) in [6.45, 7) is 3.73. The first-order valence-electron chi connectivity index (χ1n) is 5.48. The second kappa shape index (κ2) is 8.06. The number of hydrogen-bond donors (Lipinski definition) is 0. The maximum atomic E-state index is 5.66. The molecule has 0 aliphatic heterocycles. The minimum Gasteiger partial charge on any atom is -0.541 e. The van der Waals surface area contributed by atoms with Gasteiger partial charge >= 0.3 is 9.76 Å². The van der Waals surface area contributed by atoms with Crippen LogP contribution in [-0.4, -0.2) is 30.3 Å². The minimum absolute atomic E-state index is 0.134. The Balaban J connectivity index is 2.28. The lowest BCUT2D eigenvalue weighted by atomic mass is 10.2. The van der Waals surface area contributed by atoms with E-state index >= 15 is 0 Å². The molecule has 0 aliphatic rings. The first-order chi connectivity index (χ1) is 8.30. The largest absolute Gasteiger partial charge is 0.541 e. The van der Waals surface area contributed by atoms with Gasteiger partial charge in [0.1, 0.15) is 5.75 Å². The smallest absolute Gasteiger partial charge is 0.310 e. The molecule has 0 saturated carbocycles. The summed E-state index contributed by atoms with van der Waals surface area (Å²) in [6.07, 6.45) is 2.51. The molecule has 1 aromatic rings. The molecular formula is C13H18O3Si. The zero-order valence-corrected chi connectivity index (χ0v) is 11.3. The molecule has 0 bridgehead atoms. The van der Waals surface area contributed by atoms with Crippen molar-refractivity contribution >= 4 is 15.8 Å². The van der Waals surface area contributed by atoms with Crippen molar-refractivity contribution < 1.29 is 13.9 Å². The van der Waals surface area contributed by atoms with Crippen LogP contribution in [0.3, 0.4) is 0 Å². The molecule has 4 heteroatoms. The zero-order valence-electron chi connectivity index (χ0n) is 10.3. The normalized spacial score (nSPS) is 10.5. The van der Waals surface area contributed by atoms with Gasteiger partial charge < -0.3 is 13.9 Å². The Morgan fingerprint density at radius 1 is 1.35 bits per heavy atom. The van der Waals surface area contributed by atoms with Crippen LogP contribution in [-0.2, 0) is 9.47 Å². The monoisotopic (exact) mass is 250 g/mol. The van der Waals surface area contributed by atoms with E-state index in [0.717, 1.165) is 23.8 Å². The highest BCUT2D eigenvalue weighted by Gasteiger charge is 2.05. The Morgan fingerprint density at radius 3 is 2.76 bits per heavy atom. The van der Waals surface area contributed by atoms with Crippen LogP contribution in [0.5, 0.6) is 5.75 Å². The highest BCUT2D eigenvalue weighted by Crippen LogP contribution is 2.14. The van der Waals surface area contributed by atoms with Crippen molar-refractivity contribution in [1.82, 2.24) is 0 Å². The summed E-state index contributed by atoms with van der Waals surface area (Å²) in [5.41, 5.74) is 1.07. The number of methoxy groups -OCH3 is 2. The summed E-state index contributed by atoms with van der Waals surface area (Å²) >= 11 is 0. The van der Waals surface area contributed by atoms with Gasteiger partial charge in [-0.1, -0.05) is 24.8 Å². The Bertz CT molecular complexity index is 337. The summed E-state index contributed by atoms with van der Waals surface area (Å²) in [7, 11) is 3.70. The van der Waals surface area contributed by atoms with Crippen molar-refractivity contribution in [2.45, 2.75) is 18.8 Å². The Kier molecular flexibility index (Phi) is 6.62. The molecule has 0 spiro atoms. The van der Waals surface area contributed by atoms with Gasteiger partial charge in [-0.2, -0.15) is 0 Å². The molecule has 0 unspecified atom stereocenters. The maximum Gasteiger partial charge on any atom is 0.310 e. The Labute approximate surface area is 105 Å². The van der Waals surface area contributed by atoms with E-state index in [2.05, 4.69) is 6.58 Å². The van der Waals surface area contributed by atoms with Crippen LogP contribution in [0.25, 0.3) is 6.08 Å². The topological polar surface area (TPSA) is 27.7 Å². The summed E-state index contributed by atoms with van der Waals surface area (Å²) in [4.78, 5) is 0. The molecule has 0 saturated heterocycles. The van der Waals surface area contributed by atoms with Crippen LogP contribution in [0.15, 0.2) is 30.8 Å². The highest BCUT2D eigenvalue weighted by atomic mass is 28.2. The molecule has 17 heavy (non-hydrogen) atoms. The summed E-state index contributed by atoms with van der Waals surface area (Å²) < 4.78 is 15.9. The molecule has 0 amide bonds. The number of ether oxygens (including phenoxy) is 2. The molecule has 1 rings (SSSR count). The van der Waals surface area contributed by atoms with Crippen LogP contribution in [0.4, 0.5) is 0 Å². The van der Waals surface area contributed by atoms with Gasteiger partial charge in [0.2, 0.25) is 0 Å². The Morgan fingerprint density at radius 2 is 2.12 bits per heavy atom. The van der Waals surface area contributed by atoms with Gasteiger partial charge in [0.15, 0.2) is 6.29 Å². The van der Waals surface area contributed by atoms with E-state index in [4.69, 9.17) is 13.9 Å². The highest BCUT2D eigenvalue weighted by molar-refractivity contribution is 6.28. The molecule has 92 valence electrons. The van der Waals surface area contributed by atoms with E-state index < -0.39 is 0 Å². The fraction of sp³-hybridized carbons (Fsp3) is 0.385. The first-order valence-corrected chi connectivity index (χ1v) is 6.59. The van der Waals surface area contributed by atoms with Gasteiger partial charge in [-0.05, 0) is 30.2 Å². The number of benzene rings is 1. The van der Waals surface area contributed by atoms with Gasteiger partial charge in [-0.3, -0.25) is 0 Å². The van der Waals surface area contributed by atoms with E-state index in [1.165, 1.54) is 0 Å². The molecule has 3 nitrogen and oxygen atoms in total. The minimum atomic E-state index is -0.134. The molecule has 0 heterocycles. The first kappa shape index (κ1) is 14.0. The van der Waals surface area contributed by atoms with Crippen molar-refractivity contribution in [2.24, 2.45) is 0 Å². The van der Waals surface area contributed by atoms with Crippen molar-refractivity contribution in [2.75, 3.05) is 14.2 Å². The van der Waals surface area contributed by atoms with E-state index in [-0.39, 0.29) is 6.29 Å². The van der Waals surface area contributed by atoms with E-state index in [1.807, 2.05) is 30.3 Å². The predicted molar refractivity (Wildman–Crippen MR) is 70.1 cm³/mol. The Hall–Kier alpha value is -1.10. The van der Waals surface area contributed by atoms with E-state index in [1.54, 1.807) is 14.2 Å². The molecular weight excluding hydrogens is 232 g/mol. The predicted octanol–water partition coefficient (Wildman–Crippen LogP) is 2.75. The summed E-state index contributed by atoms with van der Waals surface area (Å²) in [5, 5.41) is 0. The van der Waals surface area contributed by atoms with Gasteiger partial charge in [0.05, 0.1) is 0 Å². The van der Waals surface area contributed by atoms with Crippen LogP contribution in [0.2, 0.25) is 6.04 Å². The molecule has 2 radical (unpaired) electrons. The molecule has 0 N–H and O–H groups in total. The van der Waals surface area contributed by atoms with E-state index in [9.17, 15) is 0 Å². The van der Waals surface area contributed by atoms with E-state index in [0.29, 0.717) is 9.76 Å². The number of rotatable bonds is 8. The van der Waals surface area contributed by atoms with Gasteiger partial charge in [-0.15, -0.1) is 0 Å². The van der Waals surface area contributed by atoms with Crippen LogP contribution >= 0.6 is 0 Å². The lowest BCUT2D eigenvalue weighted by Gasteiger charge is -2.12. The van der Waals surface area contributed by atoms with Crippen molar-refractivity contribution in [1.29, 1.82) is 0 Å². The van der Waals surface area contributed by atoms with Crippen molar-refractivity contribution in [3.8, 4) is 5.75 Å². The van der Waals surface area contributed by atoms with Crippen LogP contribution in [0, 0.1) is 0 Å². The number of hydrogen-bond acceptors (Lipinski definition) is 3. The van der Waals surface area contributed by atoms with Crippen LogP contribution in [0.1, 0.15) is 12.0 Å². The fourth-order valence-electron chi connectivity index (χ4n) is 1.35. The molecule has 0 aromatic heterocycles. The van der Waals surface area contributed by atoms with Crippen molar-refractivity contribution in [3.63, 3.8) is 0 Å². The van der Waals surface area contributed by atoms with Crippen LogP contribution < -0.4 is 4.43 Å². The average molecular weight is 250 g/mol. The molecule has 0 fully saturated rings. The average Bonchev–Trinajstić information content (AvgIpc) is 2.39. The SMILES string of the molecule is C=Cc1cccc(O[Si]CCC(OC)OC)c1. The lowest BCUT2D eigenvalue weighted by molar-refractivity contribution is -0.103. The summed E-state index contributed by atoms with van der Waals surface area (Å²) in [5.74, 6) is 0.882. The zero-order chi connectivity index (χ0) is 12.5. The lowest BCUT2D eigenvalue weighted by Crippen LogP contribution is -2.14. The second-order valence-corrected chi connectivity index (χ2v) is 4.46. The summed E-state index contributed by atoms with van der Waals surface area (Å²) in [6, 6.07) is 8.80. The second-order valence-electron chi connectivity index (χ2n) is 3.46. The molecule has 0 atom stereocenters. The quantitative estimate of drug-likeness (QED) is 0.403. The van der Waals surface area contributed by atoms with Crippen molar-refractivity contribution in [3.05, 3.63) is 36.4 Å². The molecule has 0 aliphatic carbocycles. The van der Waals surface area contributed by atoms with Gasteiger partial charge in [-0.25, -0.2) is 0 Å². The fourth-order valence-corrected chi connectivity index (χ4v) is 2.10. The van der Waals surface area contributed by atoms with Gasteiger partial charge in [0.25, 0.3) is 0 Å². The molecule has 1 aromatic carbocycles. The van der Waals surface area contributed by atoms with Gasteiger partial charge in [0, 0.05) is 14.2 Å². The standard InChI is InChI=1S/C13H18O3Si/c1-4-11-6-5-7-12(10-11)16-17-9-8-13(14-2)15-3/h4-7,10,13H,1,8-9H2,2-3H3. The maximum absolute atomic E-state index is 5.66. The third-order valence-electron chi connectivity index (χ3n) is 2.29. The third kappa shape index (κ3) is 5.17.